The van der Waals surface area contributed by atoms with Crippen LogP contribution < -0.4 is 21.5 Å². The van der Waals surface area contributed by atoms with Gasteiger partial charge in [0.15, 0.2) is 0 Å². The molecule has 0 aromatic heterocycles. The molecule has 0 bridgehead atoms. The summed E-state index contributed by atoms with van der Waals surface area (Å²) in [6.07, 6.45) is 2.49. The van der Waals surface area contributed by atoms with Crippen LogP contribution in [0.1, 0.15) is 33.6 Å². The first-order valence-corrected chi connectivity index (χ1v) is 9.85. The summed E-state index contributed by atoms with van der Waals surface area (Å²) in [4.78, 5) is 47.0. The largest absolute Gasteiger partial charge is 0.352 e. The normalized spacial score (nSPS) is 10.6. The molecule has 0 spiro atoms. The second-order valence-corrected chi connectivity index (χ2v) is 6.37. The second-order valence-electron chi connectivity index (χ2n) is 6.37. The molecule has 2 aromatic rings. The number of carbonyl (C=O) groups is 4. The minimum Gasteiger partial charge on any atom is -0.352 e. The zero-order valence-corrected chi connectivity index (χ0v) is 17.3. The summed E-state index contributed by atoms with van der Waals surface area (Å²) in [6.45, 7) is 0.333. The van der Waals surface area contributed by atoms with E-state index < -0.39 is 0 Å². The Bertz CT molecular complexity index is 881. The molecule has 0 atom stereocenters. The van der Waals surface area contributed by atoms with Gasteiger partial charge in [0.25, 0.3) is 11.8 Å². The van der Waals surface area contributed by atoms with Gasteiger partial charge in [-0.05, 0) is 24.3 Å². The lowest BCUT2D eigenvalue weighted by atomic mass is 10.2. The van der Waals surface area contributed by atoms with E-state index in [1.807, 2.05) is 12.1 Å². The first kappa shape index (κ1) is 23.9. The number of hydrogen-bond donors (Lipinski definition) is 4. The first-order valence-electron chi connectivity index (χ1n) is 9.85. The van der Waals surface area contributed by atoms with Gasteiger partial charge >= 0.3 is 0 Å². The van der Waals surface area contributed by atoms with E-state index in [0.29, 0.717) is 11.1 Å². The molecule has 0 saturated heterocycles. The molecule has 0 fully saturated rings. The molecule has 0 unspecified atom stereocenters. The Morgan fingerprint density at radius 3 is 1.38 bits per heavy atom. The Morgan fingerprint density at radius 1 is 0.625 bits per heavy atom. The van der Waals surface area contributed by atoms with Gasteiger partial charge in [-0.15, -0.1) is 0 Å². The van der Waals surface area contributed by atoms with Crippen LogP contribution in [0.25, 0.3) is 0 Å². The quantitative estimate of drug-likeness (QED) is 0.306. The lowest BCUT2D eigenvalue weighted by Crippen LogP contribution is -2.29. The molecule has 4 amide bonds. The van der Waals surface area contributed by atoms with Gasteiger partial charge in [-0.1, -0.05) is 36.4 Å². The van der Waals surface area contributed by atoms with Gasteiger partial charge in [-0.3, -0.25) is 19.2 Å². The van der Waals surface area contributed by atoms with E-state index >= 15 is 0 Å². The van der Waals surface area contributed by atoms with Crippen LogP contribution in [0, 0.1) is 0 Å². The molecule has 166 valence electrons. The summed E-state index contributed by atoms with van der Waals surface area (Å²) >= 11 is 0. The lowest BCUT2D eigenvalue weighted by molar-refractivity contribution is -0.121. The molecule has 4 N–H and O–H groups in total. The van der Waals surface area contributed by atoms with E-state index in [2.05, 4.69) is 31.7 Å². The number of hydrogen-bond acceptors (Lipinski definition) is 6. The topological polar surface area (TPSA) is 141 Å². The van der Waals surface area contributed by atoms with Crippen molar-refractivity contribution in [2.75, 3.05) is 13.1 Å². The summed E-state index contributed by atoms with van der Waals surface area (Å²) in [7, 11) is 0. The van der Waals surface area contributed by atoms with Crippen molar-refractivity contribution in [1.82, 2.24) is 21.5 Å². The highest BCUT2D eigenvalue weighted by Crippen LogP contribution is 1.98. The molecule has 2 aromatic carbocycles. The van der Waals surface area contributed by atoms with E-state index in [9.17, 15) is 19.2 Å². The molecule has 10 heteroatoms. The van der Waals surface area contributed by atoms with E-state index in [1.165, 1.54) is 12.4 Å². The van der Waals surface area contributed by atoms with E-state index in [4.69, 9.17) is 0 Å². The number of amides is 4. The monoisotopic (exact) mass is 436 g/mol. The molecular formula is C22H24N6O4. The van der Waals surface area contributed by atoms with Crippen molar-refractivity contribution < 1.29 is 19.2 Å². The number of nitrogens with zero attached hydrogens (tertiary/aromatic N) is 2. The van der Waals surface area contributed by atoms with Crippen molar-refractivity contribution in [3.63, 3.8) is 0 Å². The van der Waals surface area contributed by atoms with Gasteiger partial charge in [0.2, 0.25) is 11.8 Å². The first-order chi connectivity index (χ1) is 15.6. The third-order valence-corrected chi connectivity index (χ3v) is 3.94. The Labute approximate surface area is 185 Å². The molecule has 32 heavy (non-hydrogen) atoms. The fourth-order valence-corrected chi connectivity index (χ4v) is 2.36. The highest BCUT2D eigenvalue weighted by molar-refractivity contribution is 6.16. The van der Waals surface area contributed by atoms with Crippen LogP contribution >= 0.6 is 0 Å². The molecule has 0 aliphatic carbocycles. The number of hydrazone groups is 2. The fourth-order valence-electron chi connectivity index (χ4n) is 2.36. The Hall–Kier alpha value is -4.34. The highest BCUT2D eigenvalue weighted by atomic mass is 16.2. The maximum absolute atomic E-state index is 11.8. The molecule has 0 aliphatic heterocycles. The average Bonchev–Trinajstić information content (AvgIpc) is 2.82. The standard InChI is InChI=1S/C22H24N6O4/c29-19(11-13-23-21(31)17-7-3-1-4-8-17)27-25-15-16-26-28-20(30)12-14-24-22(32)18-9-5-2-6-10-18/h1-10,15-16H,11-14H2,(H,23,31)(H,24,32)(H,27,29)(H,28,30)/b25-15-,26-16-. The van der Waals surface area contributed by atoms with Crippen LogP contribution in [-0.2, 0) is 9.59 Å². The summed E-state index contributed by atoms with van der Waals surface area (Å²) in [5.41, 5.74) is 5.58. The smallest absolute Gasteiger partial charge is 0.251 e. The van der Waals surface area contributed by atoms with Crippen molar-refractivity contribution in [3.05, 3.63) is 71.8 Å². The summed E-state index contributed by atoms with van der Waals surface area (Å²) in [6, 6.07) is 17.4. The van der Waals surface area contributed by atoms with E-state index in [0.717, 1.165) is 0 Å². The minimum atomic E-state index is -0.388. The molecule has 0 aliphatic rings. The summed E-state index contributed by atoms with van der Waals surface area (Å²) < 4.78 is 0. The molecule has 0 saturated carbocycles. The molecule has 0 radical (unpaired) electrons. The van der Waals surface area contributed by atoms with Crippen LogP contribution in [0.5, 0.6) is 0 Å². The minimum absolute atomic E-state index is 0.0541. The SMILES string of the molecule is O=C(CCNC(=O)c1ccccc1)N/N=C\C=N/NC(=O)CCNC(=O)c1ccccc1. The van der Waals surface area contributed by atoms with Gasteiger partial charge in [0.05, 0.1) is 12.4 Å². The lowest BCUT2D eigenvalue weighted by Gasteiger charge is -2.04. The van der Waals surface area contributed by atoms with Gasteiger partial charge in [-0.2, -0.15) is 10.2 Å². The third-order valence-electron chi connectivity index (χ3n) is 3.94. The molecule has 0 heterocycles. The zero-order chi connectivity index (χ0) is 23.0. The molecular weight excluding hydrogens is 412 g/mol. The van der Waals surface area contributed by atoms with Crippen molar-refractivity contribution >= 4 is 36.1 Å². The highest BCUT2D eigenvalue weighted by Gasteiger charge is 2.06. The van der Waals surface area contributed by atoms with Crippen LogP contribution in [0.3, 0.4) is 0 Å². The van der Waals surface area contributed by atoms with Crippen molar-refractivity contribution in [3.8, 4) is 0 Å². The van der Waals surface area contributed by atoms with E-state index in [-0.39, 0.29) is 49.6 Å². The van der Waals surface area contributed by atoms with Crippen LogP contribution in [0.2, 0.25) is 0 Å². The van der Waals surface area contributed by atoms with Gasteiger partial charge < -0.3 is 10.6 Å². The second kappa shape index (κ2) is 13.8. The number of carbonyl (C=O) groups excluding carboxylic acids is 4. The maximum Gasteiger partial charge on any atom is 0.251 e. The fraction of sp³-hybridized carbons (Fsp3) is 0.182. The van der Waals surface area contributed by atoms with Gasteiger partial charge in [0.1, 0.15) is 0 Å². The van der Waals surface area contributed by atoms with E-state index in [1.54, 1.807) is 48.5 Å². The van der Waals surface area contributed by atoms with Crippen LogP contribution in [0.4, 0.5) is 0 Å². The Kier molecular flexibility index (Phi) is 10.3. The summed E-state index contributed by atoms with van der Waals surface area (Å²) in [5.74, 6) is -1.30. The van der Waals surface area contributed by atoms with Crippen LogP contribution in [-0.4, -0.2) is 49.1 Å². The number of rotatable bonds is 11. The predicted molar refractivity (Wildman–Crippen MR) is 120 cm³/mol. The maximum atomic E-state index is 11.8. The van der Waals surface area contributed by atoms with Crippen molar-refractivity contribution in [2.45, 2.75) is 12.8 Å². The molecule has 10 nitrogen and oxygen atoms in total. The van der Waals surface area contributed by atoms with Crippen molar-refractivity contribution in [2.24, 2.45) is 10.2 Å². The number of benzene rings is 2. The summed E-state index contributed by atoms with van der Waals surface area (Å²) in [5, 5.41) is 12.6. The Morgan fingerprint density at radius 2 is 1.00 bits per heavy atom. The van der Waals surface area contributed by atoms with Crippen molar-refractivity contribution in [1.29, 1.82) is 0 Å². The Balaban J connectivity index is 1.53. The predicted octanol–water partition coefficient (Wildman–Crippen LogP) is 0.831. The third kappa shape index (κ3) is 9.44. The molecule has 2 rings (SSSR count). The van der Waals surface area contributed by atoms with Gasteiger partial charge in [0, 0.05) is 37.1 Å². The number of nitrogens with one attached hydrogen (secondary N) is 4. The zero-order valence-electron chi connectivity index (χ0n) is 17.3. The average molecular weight is 436 g/mol. The van der Waals surface area contributed by atoms with Crippen LogP contribution in [0.15, 0.2) is 70.9 Å². The van der Waals surface area contributed by atoms with Gasteiger partial charge in [-0.25, -0.2) is 10.9 Å².